The Labute approximate surface area is 172 Å². The van der Waals surface area contributed by atoms with E-state index in [9.17, 15) is 8.42 Å². The molecule has 26 heavy (non-hydrogen) atoms. The summed E-state index contributed by atoms with van der Waals surface area (Å²) in [5.41, 5.74) is 6.85. The summed E-state index contributed by atoms with van der Waals surface area (Å²) in [6.07, 6.45) is 2.06. The number of halogens is 1. The maximum atomic E-state index is 11.5. The van der Waals surface area contributed by atoms with Gasteiger partial charge in [0.05, 0.1) is 27.0 Å². The lowest BCUT2D eigenvalue weighted by Crippen LogP contribution is -2.36. The van der Waals surface area contributed by atoms with Gasteiger partial charge < -0.3 is 20.5 Å². The van der Waals surface area contributed by atoms with Crippen LogP contribution in [0.2, 0.25) is 0 Å². The average molecular weight is 498 g/mol. The van der Waals surface area contributed by atoms with Crippen LogP contribution in [-0.4, -0.2) is 58.8 Å². The van der Waals surface area contributed by atoms with Crippen LogP contribution in [0, 0.1) is 5.92 Å². The largest absolute Gasteiger partial charge is 0.493 e. The van der Waals surface area contributed by atoms with Crippen molar-refractivity contribution in [1.29, 1.82) is 0 Å². The number of methoxy groups -OCH3 is 2. The van der Waals surface area contributed by atoms with E-state index in [1.54, 1.807) is 14.2 Å². The lowest BCUT2D eigenvalue weighted by molar-refractivity contribution is 0.354. The summed E-state index contributed by atoms with van der Waals surface area (Å²) in [5, 5.41) is 3.07. The highest BCUT2D eigenvalue weighted by Crippen LogP contribution is 2.27. The molecular weight excluding hydrogens is 471 g/mol. The normalized spacial score (nSPS) is 18.3. The number of sulfonamides is 1. The highest BCUT2D eigenvalue weighted by Gasteiger charge is 2.28. The fourth-order valence-corrected chi connectivity index (χ4v) is 3.64. The third-order valence-corrected chi connectivity index (χ3v) is 5.44. The fourth-order valence-electron chi connectivity index (χ4n) is 2.73. The molecule has 148 valence electrons. The first-order valence-electron chi connectivity index (χ1n) is 8.03. The Bertz CT molecular complexity index is 727. The predicted octanol–water partition coefficient (Wildman–Crippen LogP) is 1.01. The minimum Gasteiger partial charge on any atom is -0.493 e. The van der Waals surface area contributed by atoms with E-state index >= 15 is 0 Å². The maximum Gasteiger partial charge on any atom is 0.211 e. The van der Waals surface area contributed by atoms with E-state index in [-0.39, 0.29) is 29.9 Å². The molecule has 0 radical (unpaired) electrons. The van der Waals surface area contributed by atoms with Gasteiger partial charge in [-0.1, -0.05) is 6.07 Å². The van der Waals surface area contributed by atoms with E-state index < -0.39 is 10.0 Å². The summed E-state index contributed by atoms with van der Waals surface area (Å²) in [4.78, 5) is 4.31. The number of benzene rings is 1. The van der Waals surface area contributed by atoms with Crippen LogP contribution in [-0.2, 0) is 16.6 Å². The minimum atomic E-state index is -3.11. The molecule has 1 aromatic rings. The molecule has 0 bridgehead atoms. The van der Waals surface area contributed by atoms with Crippen molar-refractivity contribution in [3.8, 4) is 11.5 Å². The van der Waals surface area contributed by atoms with Gasteiger partial charge in [-0.15, -0.1) is 24.0 Å². The second-order valence-corrected chi connectivity index (χ2v) is 8.03. The molecule has 1 aliphatic rings. The molecule has 2 rings (SSSR count). The Hall–Kier alpha value is -1.27. The van der Waals surface area contributed by atoms with Gasteiger partial charge in [-0.25, -0.2) is 17.7 Å². The van der Waals surface area contributed by atoms with E-state index in [1.807, 2.05) is 18.2 Å². The molecule has 0 amide bonds. The zero-order valence-corrected chi connectivity index (χ0v) is 18.4. The van der Waals surface area contributed by atoms with Crippen molar-refractivity contribution >= 4 is 40.0 Å². The van der Waals surface area contributed by atoms with Crippen molar-refractivity contribution in [3.05, 3.63) is 23.8 Å². The van der Waals surface area contributed by atoms with Crippen LogP contribution in [0.4, 0.5) is 0 Å². The molecule has 0 aliphatic carbocycles. The van der Waals surface area contributed by atoms with Gasteiger partial charge in [-0.2, -0.15) is 0 Å². The molecule has 0 aromatic heterocycles. The van der Waals surface area contributed by atoms with Crippen LogP contribution in [0.5, 0.6) is 11.5 Å². The van der Waals surface area contributed by atoms with Crippen LogP contribution >= 0.6 is 24.0 Å². The first-order chi connectivity index (χ1) is 11.8. The van der Waals surface area contributed by atoms with Crippen molar-refractivity contribution in [2.24, 2.45) is 16.6 Å². The number of nitrogens with zero attached hydrogens (tertiary/aromatic N) is 2. The van der Waals surface area contributed by atoms with Gasteiger partial charge in [0.1, 0.15) is 0 Å². The first-order valence-corrected chi connectivity index (χ1v) is 9.88. The van der Waals surface area contributed by atoms with Gasteiger partial charge in [0.15, 0.2) is 17.5 Å². The number of nitrogens with two attached hydrogens (primary N) is 1. The molecular formula is C16H27IN4O4S. The highest BCUT2D eigenvalue weighted by atomic mass is 127. The third kappa shape index (κ3) is 6.47. The number of ether oxygens (including phenoxy) is 2. The average Bonchev–Trinajstić information content (AvgIpc) is 3.07. The summed E-state index contributed by atoms with van der Waals surface area (Å²) < 4.78 is 35.0. The second-order valence-electron chi connectivity index (χ2n) is 6.05. The van der Waals surface area contributed by atoms with Gasteiger partial charge in [0.2, 0.25) is 10.0 Å². The molecule has 1 aliphatic heterocycles. The Morgan fingerprint density at radius 1 is 1.35 bits per heavy atom. The Morgan fingerprint density at radius 2 is 2.04 bits per heavy atom. The van der Waals surface area contributed by atoms with Crippen molar-refractivity contribution in [3.63, 3.8) is 0 Å². The monoisotopic (exact) mass is 498 g/mol. The minimum absolute atomic E-state index is 0. The molecule has 10 heteroatoms. The highest BCUT2D eigenvalue weighted by molar-refractivity contribution is 14.0. The summed E-state index contributed by atoms with van der Waals surface area (Å²) in [7, 11) is 0.0636. The molecule has 8 nitrogen and oxygen atoms in total. The SMILES string of the molecule is COc1ccc(CN=C(N)NCC2CCN(S(C)(=O)=O)C2)cc1OC.I. The lowest BCUT2D eigenvalue weighted by atomic mass is 10.1. The molecule has 1 atom stereocenters. The van der Waals surface area contributed by atoms with Crippen molar-refractivity contribution < 1.29 is 17.9 Å². The van der Waals surface area contributed by atoms with Gasteiger partial charge in [-0.3, -0.25) is 0 Å². The zero-order valence-electron chi connectivity index (χ0n) is 15.3. The molecule has 3 N–H and O–H groups in total. The number of hydrogen-bond donors (Lipinski definition) is 2. The van der Waals surface area contributed by atoms with Crippen LogP contribution in [0.3, 0.4) is 0 Å². The number of aliphatic imine (C=N–C) groups is 1. The van der Waals surface area contributed by atoms with E-state index in [2.05, 4.69) is 10.3 Å². The first kappa shape index (κ1) is 22.8. The molecule has 1 fully saturated rings. The standard InChI is InChI=1S/C16H26N4O4S.HI/c1-23-14-5-4-12(8-15(14)24-2)9-18-16(17)19-10-13-6-7-20(11-13)25(3,21)22;/h4-5,8,13H,6-7,9-11H2,1-3H3,(H3,17,18,19);1H. The molecule has 0 spiro atoms. The molecule has 1 heterocycles. The Kier molecular flexibility index (Phi) is 8.90. The summed E-state index contributed by atoms with van der Waals surface area (Å²) >= 11 is 0. The van der Waals surface area contributed by atoms with Crippen molar-refractivity contribution in [2.75, 3.05) is 40.1 Å². The maximum absolute atomic E-state index is 11.5. The summed E-state index contributed by atoms with van der Waals surface area (Å²) in [6.45, 7) is 2.11. The van der Waals surface area contributed by atoms with Gasteiger partial charge >= 0.3 is 0 Å². The number of hydrogen-bond acceptors (Lipinski definition) is 5. The van der Waals surface area contributed by atoms with E-state index in [0.29, 0.717) is 43.6 Å². The Morgan fingerprint density at radius 3 is 2.62 bits per heavy atom. The fraction of sp³-hybridized carbons (Fsp3) is 0.562. The number of nitrogens with one attached hydrogen (secondary N) is 1. The Balaban J connectivity index is 0.00000338. The smallest absolute Gasteiger partial charge is 0.211 e. The van der Waals surface area contributed by atoms with Gasteiger partial charge in [-0.05, 0) is 30.0 Å². The zero-order chi connectivity index (χ0) is 18.4. The topological polar surface area (TPSA) is 106 Å². The summed E-state index contributed by atoms with van der Waals surface area (Å²) in [5.74, 6) is 1.89. The summed E-state index contributed by atoms with van der Waals surface area (Å²) in [6, 6.07) is 5.58. The van der Waals surface area contributed by atoms with Crippen molar-refractivity contribution in [2.45, 2.75) is 13.0 Å². The van der Waals surface area contributed by atoms with Crippen LogP contribution < -0.4 is 20.5 Å². The van der Waals surface area contributed by atoms with E-state index in [1.165, 1.54) is 10.6 Å². The van der Waals surface area contributed by atoms with Crippen molar-refractivity contribution in [1.82, 2.24) is 9.62 Å². The molecule has 1 unspecified atom stereocenters. The van der Waals surface area contributed by atoms with E-state index in [4.69, 9.17) is 15.2 Å². The van der Waals surface area contributed by atoms with Crippen LogP contribution in [0.1, 0.15) is 12.0 Å². The molecule has 1 saturated heterocycles. The van der Waals surface area contributed by atoms with E-state index in [0.717, 1.165) is 12.0 Å². The lowest BCUT2D eigenvalue weighted by Gasteiger charge is -2.14. The van der Waals surface area contributed by atoms with Gasteiger partial charge in [0, 0.05) is 19.6 Å². The molecule has 1 aromatic carbocycles. The van der Waals surface area contributed by atoms with Crippen LogP contribution in [0.25, 0.3) is 0 Å². The number of rotatable bonds is 7. The third-order valence-electron chi connectivity index (χ3n) is 4.17. The quantitative estimate of drug-likeness (QED) is 0.330. The number of guanidine groups is 1. The van der Waals surface area contributed by atoms with Gasteiger partial charge in [0.25, 0.3) is 0 Å². The van der Waals surface area contributed by atoms with Crippen LogP contribution in [0.15, 0.2) is 23.2 Å². The predicted molar refractivity (Wildman–Crippen MR) is 113 cm³/mol. The molecule has 0 saturated carbocycles. The second kappa shape index (κ2) is 10.2.